The lowest BCUT2D eigenvalue weighted by molar-refractivity contribution is 0.904. The minimum Gasteiger partial charge on any atom is -0.397 e. The van der Waals surface area contributed by atoms with E-state index in [4.69, 9.17) is 11.5 Å². The van der Waals surface area contributed by atoms with Crippen molar-refractivity contribution in [3.8, 4) is 0 Å². The fraction of sp³-hybridized carbons (Fsp3) is 0.500. The molecule has 3 nitrogen and oxygen atoms in total. The number of hydrogen-bond donors (Lipinski definition) is 3. The van der Waals surface area contributed by atoms with Crippen LogP contribution in [0.2, 0.25) is 0 Å². The van der Waals surface area contributed by atoms with Crippen molar-refractivity contribution in [1.29, 1.82) is 0 Å². The Morgan fingerprint density at radius 3 is 2.36 bits per heavy atom. The summed E-state index contributed by atoms with van der Waals surface area (Å²) in [7, 11) is 0. The quantitative estimate of drug-likeness (QED) is 0.522. The van der Waals surface area contributed by atoms with Crippen LogP contribution in [-0.2, 0) is 0 Å². The van der Waals surface area contributed by atoms with E-state index in [-0.39, 0.29) is 0 Å². The van der Waals surface area contributed by atoms with Gasteiger partial charge in [-0.15, -0.1) is 0 Å². The molecule has 0 rings (SSSR count). The molecule has 0 aromatic heterocycles. The molecule has 64 valence electrons. The van der Waals surface area contributed by atoms with Crippen LogP contribution in [-0.4, -0.2) is 6.54 Å². The normalized spacial score (nSPS) is 13.3. The van der Waals surface area contributed by atoms with Crippen LogP contribution in [0.1, 0.15) is 20.3 Å². The monoisotopic (exact) mass is 155 g/mol. The van der Waals surface area contributed by atoms with Crippen LogP contribution < -0.4 is 16.8 Å². The van der Waals surface area contributed by atoms with Crippen LogP contribution in [0.25, 0.3) is 0 Å². The van der Waals surface area contributed by atoms with Crippen molar-refractivity contribution in [1.82, 2.24) is 5.32 Å². The Labute approximate surface area is 68.1 Å². The minimum atomic E-state index is 0.605. The second kappa shape index (κ2) is 5.65. The summed E-state index contributed by atoms with van der Waals surface area (Å²) in [6, 6.07) is 0. The van der Waals surface area contributed by atoms with E-state index in [0.29, 0.717) is 11.4 Å². The third kappa shape index (κ3) is 4.31. The van der Waals surface area contributed by atoms with Gasteiger partial charge in [-0.25, -0.2) is 0 Å². The van der Waals surface area contributed by atoms with Crippen molar-refractivity contribution in [3.63, 3.8) is 0 Å². The summed E-state index contributed by atoms with van der Waals surface area (Å²) in [6.45, 7) is 4.89. The molecule has 0 bridgehead atoms. The van der Waals surface area contributed by atoms with Crippen LogP contribution in [0.3, 0.4) is 0 Å². The maximum absolute atomic E-state index is 5.60. The Balaban J connectivity index is 4.00. The summed E-state index contributed by atoms with van der Waals surface area (Å²) in [5.74, 6) is 0. The number of hydrogen-bond acceptors (Lipinski definition) is 3. The van der Waals surface area contributed by atoms with Gasteiger partial charge in [-0.3, -0.25) is 0 Å². The van der Waals surface area contributed by atoms with Crippen molar-refractivity contribution in [2.24, 2.45) is 11.5 Å². The maximum atomic E-state index is 5.60. The van der Waals surface area contributed by atoms with E-state index in [2.05, 4.69) is 5.32 Å². The molecule has 0 fully saturated rings. The summed E-state index contributed by atoms with van der Waals surface area (Å²) < 4.78 is 0. The highest BCUT2D eigenvalue weighted by Gasteiger charge is 1.90. The fourth-order valence-electron chi connectivity index (χ4n) is 0.633. The van der Waals surface area contributed by atoms with Gasteiger partial charge in [0.05, 0.1) is 11.4 Å². The Hall–Kier alpha value is -1.12. The average molecular weight is 155 g/mol. The van der Waals surface area contributed by atoms with Crippen molar-refractivity contribution < 1.29 is 0 Å². The number of nitrogens with one attached hydrogen (secondary N) is 1. The molecule has 5 N–H and O–H groups in total. The first kappa shape index (κ1) is 9.88. The summed E-state index contributed by atoms with van der Waals surface area (Å²) >= 11 is 0. The minimum absolute atomic E-state index is 0.605. The summed E-state index contributed by atoms with van der Waals surface area (Å²) in [6.07, 6.45) is 4.52. The Kier molecular flexibility index (Phi) is 5.07. The highest BCUT2D eigenvalue weighted by Crippen LogP contribution is 1.95. The van der Waals surface area contributed by atoms with E-state index in [1.807, 2.05) is 19.9 Å². The summed E-state index contributed by atoms with van der Waals surface area (Å²) in [5, 5.41) is 2.98. The Bertz CT molecular complexity index is 159. The van der Waals surface area contributed by atoms with Gasteiger partial charge in [0.25, 0.3) is 0 Å². The molecule has 0 aliphatic rings. The average Bonchev–Trinajstić information content (AvgIpc) is 2.00. The third-order valence-electron chi connectivity index (χ3n) is 1.22. The summed E-state index contributed by atoms with van der Waals surface area (Å²) in [4.78, 5) is 0. The Morgan fingerprint density at radius 2 is 1.91 bits per heavy atom. The first-order valence-electron chi connectivity index (χ1n) is 3.87. The van der Waals surface area contributed by atoms with Crippen molar-refractivity contribution in [3.05, 3.63) is 23.7 Å². The van der Waals surface area contributed by atoms with Gasteiger partial charge < -0.3 is 16.8 Å². The molecule has 0 unspecified atom stereocenters. The van der Waals surface area contributed by atoms with Gasteiger partial charge in [0.1, 0.15) is 0 Å². The smallest absolute Gasteiger partial charge is 0.0703 e. The van der Waals surface area contributed by atoms with Crippen molar-refractivity contribution in [2.45, 2.75) is 20.3 Å². The fourth-order valence-corrected chi connectivity index (χ4v) is 0.633. The van der Waals surface area contributed by atoms with Gasteiger partial charge >= 0.3 is 0 Å². The van der Waals surface area contributed by atoms with Crippen LogP contribution in [0, 0.1) is 0 Å². The lowest BCUT2D eigenvalue weighted by Crippen LogP contribution is -2.14. The van der Waals surface area contributed by atoms with Crippen LogP contribution in [0.4, 0.5) is 0 Å². The molecule has 0 spiro atoms. The van der Waals surface area contributed by atoms with Gasteiger partial charge in [-0.05, 0) is 13.3 Å². The SMILES string of the molecule is CC/C=C(N)\C(N)=C\NCC. The van der Waals surface area contributed by atoms with Crippen LogP contribution in [0.5, 0.6) is 0 Å². The highest BCUT2D eigenvalue weighted by molar-refractivity contribution is 5.23. The van der Waals surface area contributed by atoms with E-state index in [0.717, 1.165) is 13.0 Å². The molecule has 0 aliphatic heterocycles. The molecule has 11 heavy (non-hydrogen) atoms. The third-order valence-corrected chi connectivity index (χ3v) is 1.22. The molecule has 0 heterocycles. The number of allylic oxidation sites excluding steroid dienone is 1. The van der Waals surface area contributed by atoms with E-state index in [9.17, 15) is 0 Å². The molecule has 0 saturated heterocycles. The first-order chi connectivity index (χ1) is 5.22. The van der Waals surface area contributed by atoms with E-state index >= 15 is 0 Å². The second-order valence-electron chi connectivity index (χ2n) is 2.23. The first-order valence-corrected chi connectivity index (χ1v) is 3.87. The predicted octanol–water partition coefficient (Wildman–Crippen LogP) is 0.649. The maximum Gasteiger partial charge on any atom is 0.0703 e. The molecule has 0 amide bonds. The van der Waals surface area contributed by atoms with Crippen molar-refractivity contribution >= 4 is 0 Å². The molecule has 0 saturated carbocycles. The van der Waals surface area contributed by atoms with Gasteiger partial charge in [-0.2, -0.15) is 0 Å². The molecule has 0 aromatic rings. The van der Waals surface area contributed by atoms with Crippen LogP contribution >= 0.6 is 0 Å². The van der Waals surface area contributed by atoms with Gasteiger partial charge in [0, 0.05) is 12.7 Å². The Morgan fingerprint density at radius 1 is 1.27 bits per heavy atom. The molecular weight excluding hydrogens is 138 g/mol. The van der Waals surface area contributed by atoms with Crippen molar-refractivity contribution in [2.75, 3.05) is 6.54 Å². The summed E-state index contributed by atoms with van der Waals surface area (Å²) in [5.41, 5.74) is 12.4. The number of nitrogens with two attached hydrogens (primary N) is 2. The van der Waals surface area contributed by atoms with Gasteiger partial charge in [0.2, 0.25) is 0 Å². The molecule has 0 atom stereocenters. The molecular formula is C8H17N3. The largest absolute Gasteiger partial charge is 0.397 e. The second-order valence-corrected chi connectivity index (χ2v) is 2.23. The highest BCUT2D eigenvalue weighted by atomic mass is 14.8. The standard InChI is InChI=1S/C8H17N3/c1-3-5-7(9)8(10)6-11-4-2/h5-6,11H,3-4,9-10H2,1-2H3/b7-5+,8-6-. The van der Waals surface area contributed by atoms with E-state index < -0.39 is 0 Å². The zero-order chi connectivity index (χ0) is 8.69. The molecule has 3 heteroatoms. The van der Waals surface area contributed by atoms with E-state index in [1.165, 1.54) is 0 Å². The number of rotatable bonds is 4. The lowest BCUT2D eigenvalue weighted by atomic mass is 10.3. The zero-order valence-electron chi connectivity index (χ0n) is 7.22. The molecule has 0 aromatic carbocycles. The van der Waals surface area contributed by atoms with Gasteiger partial charge in [0.15, 0.2) is 0 Å². The molecule has 0 radical (unpaired) electrons. The van der Waals surface area contributed by atoms with Gasteiger partial charge in [-0.1, -0.05) is 13.0 Å². The lowest BCUT2D eigenvalue weighted by Gasteiger charge is -2.01. The zero-order valence-corrected chi connectivity index (χ0v) is 7.22. The topological polar surface area (TPSA) is 64.1 Å². The van der Waals surface area contributed by atoms with E-state index in [1.54, 1.807) is 6.20 Å². The predicted molar refractivity (Wildman–Crippen MR) is 48.5 cm³/mol. The van der Waals surface area contributed by atoms with Crippen LogP contribution in [0.15, 0.2) is 23.7 Å². The molecule has 0 aliphatic carbocycles.